The third kappa shape index (κ3) is 4.36. The number of likely N-dealkylation sites (N-methyl/N-ethyl adjacent to an activating group) is 1. The predicted molar refractivity (Wildman–Crippen MR) is 156 cm³/mol. The summed E-state index contributed by atoms with van der Waals surface area (Å²) in [7, 11) is 2.08. The molecule has 1 amide bonds. The van der Waals surface area contributed by atoms with Crippen molar-refractivity contribution in [2.45, 2.75) is 37.4 Å². The van der Waals surface area contributed by atoms with Gasteiger partial charge in [-0.2, -0.15) is 9.97 Å². The Morgan fingerprint density at radius 1 is 1.22 bits per heavy atom. The van der Waals surface area contributed by atoms with Crippen LogP contribution in [0.15, 0.2) is 49.4 Å². The van der Waals surface area contributed by atoms with Crippen LogP contribution < -0.4 is 9.64 Å². The van der Waals surface area contributed by atoms with Gasteiger partial charge in [-0.15, -0.1) is 0 Å². The van der Waals surface area contributed by atoms with Crippen molar-refractivity contribution in [1.82, 2.24) is 29.7 Å². The average Bonchev–Trinajstić information content (AvgIpc) is 3.72. The minimum absolute atomic E-state index is 0.0352. The fourth-order valence-corrected chi connectivity index (χ4v) is 6.82. The molecule has 210 valence electrons. The Labute approximate surface area is 241 Å². The minimum atomic E-state index is -0.587. The van der Waals surface area contributed by atoms with E-state index in [-0.39, 0.29) is 41.3 Å². The summed E-state index contributed by atoms with van der Waals surface area (Å²) in [5.41, 5.74) is 0.725. The minimum Gasteiger partial charge on any atom is -0.462 e. The highest BCUT2D eigenvalue weighted by atomic mass is 35.5. The number of anilines is 1. The largest absolute Gasteiger partial charge is 0.462 e. The van der Waals surface area contributed by atoms with Gasteiger partial charge < -0.3 is 19.4 Å². The summed E-state index contributed by atoms with van der Waals surface area (Å²) in [5.74, 6) is -0.0971. The summed E-state index contributed by atoms with van der Waals surface area (Å²) in [6, 6.07) is 5.93. The molecule has 9 nitrogen and oxygen atoms in total. The maximum Gasteiger partial charge on any atom is 0.319 e. The van der Waals surface area contributed by atoms with Gasteiger partial charge in [0.25, 0.3) is 0 Å². The van der Waals surface area contributed by atoms with E-state index in [2.05, 4.69) is 38.4 Å². The van der Waals surface area contributed by atoms with E-state index in [1.54, 1.807) is 24.7 Å². The molecule has 3 saturated heterocycles. The highest BCUT2D eigenvalue weighted by Gasteiger charge is 2.46. The fourth-order valence-electron chi connectivity index (χ4n) is 6.54. The topological polar surface area (TPSA) is 87.6 Å². The van der Waals surface area contributed by atoms with Crippen LogP contribution in [0.25, 0.3) is 32.9 Å². The zero-order chi connectivity index (χ0) is 28.2. The lowest BCUT2D eigenvalue weighted by Gasteiger charge is -2.35. The number of fused-ring (bicyclic) bond motifs is 4. The van der Waals surface area contributed by atoms with Crippen LogP contribution in [0.4, 0.5) is 10.2 Å². The number of hydrogen-bond donors (Lipinski definition) is 0. The molecule has 2 unspecified atom stereocenters. The Bertz CT molecular complexity index is 1700. The van der Waals surface area contributed by atoms with Gasteiger partial charge in [0.15, 0.2) is 5.82 Å². The highest BCUT2D eigenvalue weighted by molar-refractivity contribution is 6.36. The quantitative estimate of drug-likeness (QED) is 0.312. The molecule has 0 radical (unpaired) electrons. The Kier molecular flexibility index (Phi) is 6.47. The van der Waals surface area contributed by atoms with Gasteiger partial charge in [0.05, 0.1) is 17.5 Å². The molecular weight excluding hydrogens is 545 g/mol. The van der Waals surface area contributed by atoms with Crippen molar-refractivity contribution in [3.8, 4) is 17.3 Å². The number of halogens is 2. The summed E-state index contributed by atoms with van der Waals surface area (Å²) in [6.07, 6.45) is 9.18. The second kappa shape index (κ2) is 10.2. The SMILES string of the molecule is C=CC(=O)N1CC2CC1CN2c1nc(OC[C@@H]2CCCN2C)nc2c(F)c(-c3cncc4cccc(Cl)c34)ncc12. The van der Waals surface area contributed by atoms with Crippen molar-refractivity contribution >= 4 is 45.0 Å². The van der Waals surface area contributed by atoms with Gasteiger partial charge in [-0.25, -0.2) is 4.39 Å². The molecule has 4 aromatic rings. The van der Waals surface area contributed by atoms with Gasteiger partial charge in [-0.1, -0.05) is 30.3 Å². The van der Waals surface area contributed by atoms with Gasteiger partial charge in [-0.05, 0) is 45.0 Å². The lowest BCUT2D eigenvalue weighted by Crippen LogP contribution is -2.48. The number of piperazine rings is 1. The Morgan fingerprint density at radius 2 is 2.10 bits per heavy atom. The first-order chi connectivity index (χ1) is 19.9. The molecule has 3 fully saturated rings. The summed E-state index contributed by atoms with van der Waals surface area (Å²) < 4.78 is 22.6. The number of carbonyl (C=O) groups excluding carboxylic acids is 1. The fraction of sp³-hybridized carbons (Fsp3) is 0.367. The van der Waals surface area contributed by atoms with Crippen molar-refractivity contribution < 1.29 is 13.9 Å². The van der Waals surface area contributed by atoms with E-state index in [1.165, 1.54) is 6.08 Å². The number of pyridine rings is 2. The second-order valence-electron chi connectivity index (χ2n) is 11.0. The van der Waals surface area contributed by atoms with Crippen molar-refractivity contribution in [2.75, 3.05) is 38.2 Å². The van der Waals surface area contributed by atoms with Gasteiger partial charge in [-0.3, -0.25) is 14.8 Å². The van der Waals surface area contributed by atoms with Crippen LogP contribution in [0.1, 0.15) is 19.3 Å². The molecule has 3 aliphatic heterocycles. The van der Waals surface area contributed by atoms with E-state index < -0.39 is 5.82 Å². The monoisotopic (exact) mass is 573 g/mol. The van der Waals surface area contributed by atoms with Gasteiger partial charge in [0, 0.05) is 59.1 Å². The molecular formula is C30H29ClFN7O2. The molecule has 11 heteroatoms. The number of rotatable bonds is 6. The van der Waals surface area contributed by atoms with Crippen LogP contribution in [0.3, 0.4) is 0 Å². The smallest absolute Gasteiger partial charge is 0.319 e. The van der Waals surface area contributed by atoms with E-state index in [1.807, 2.05) is 17.0 Å². The molecule has 7 rings (SSSR count). The van der Waals surface area contributed by atoms with Crippen molar-refractivity contribution in [3.05, 3.63) is 60.3 Å². The zero-order valence-electron chi connectivity index (χ0n) is 22.6. The lowest BCUT2D eigenvalue weighted by atomic mass is 10.0. The maximum absolute atomic E-state index is 16.5. The number of carbonyl (C=O) groups is 1. The van der Waals surface area contributed by atoms with Crippen LogP contribution in [-0.4, -0.2) is 87.1 Å². The molecule has 1 aromatic carbocycles. The number of nitrogens with zero attached hydrogens (tertiary/aromatic N) is 7. The van der Waals surface area contributed by atoms with Crippen LogP contribution in [0, 0.1) is 5.82 Å². The normalized spacial score (nSPS) is 22.3. The molecule has 3 atom stereocenters. The lowest BCUT2D eigenvalue weighted by molar-refractivity contribution is -0.127. The van der Waals surface area contributed by atoms with Crippen LogP contribution in [0.2, 0.25) is 5.02 Å². The van der Waals surface area contributed by atoms with Gasteiger partial charge in [0.2, 0.25) is 5.91 Å². The summed E-state index contributed by atoms with van der Waals surface area (Å²) in [5, 5.41) is 2.44. The highest BCUT2D eigenvalue weighted by Crippen LogP contribution is 2.40. The average molecular weight is 574 g/mol. The van der Waals surface area contributed by atoms with E-state index in [0.717, 1.165) is 31.2 Å². The summed E-state index contributed by atoms with van der Waals surface area (Å²) >= 11 is 6.55. The predicted octanol–water partition coefficient (Wildman–Crippen LogP) is 4.48. The van der Waals surface area contributed by atoms with E-state index in [9.17, 15) is 4.79 Å². The van der Waals surface area contributed by atoms with Crippen LogP contribution >= 0.6 is 11.6 Å². The molecule has 6 heterocycles. The van der Waals surface area contributed by atoms with E-state index in [4.69, 9.17) is 21.3 Å². The van der Waals surface area contributed by atoms with E-state index in [0.29, 0.717) is 46.9 Å². The molecule has 3 aliphatic rings. The second-order valence-corrected chi connectivity index (χ2v) is 11.4. The summed E-state index contributed by atoms with van der Waals surface area (Å²) in [4.78, 5) is 36.8. The maximum atomic E-state index is 16.5. The number of ether oxygens (including phenoxy) is 1. The number of likely N-dealkylation sites (tertiary alicyclic amines) is 2. The molecule has 0 aliphatic carbocycles. The molecule has 0 spiro atoms. The van der Waals surface area contributed by atoms with E-state index >= 15 is 4.39 Å². The molecule has 2 bridgehead atoms. The number of aromatic nitrogens is 4. The number of benzene rings is 1. The molecule has 41 heavy (non-hydrogen) atoms. The van der Waals surface area contributed by atoms with Gasteiger partial charge in [0.1, 0.15) is 23.6 Å². The van der Waals surface area contributed by atoms with Crippen molar-refractivity contribution in [2.24, 2.45) is 0 Å². The summed E-state index contributed by atoms with van der Waals surface area (Å²) in [6.45, 7) is 6.19. The number of hydrogen-bond acceptors (Lipinski definition) is 8. The third-order valence-corrected chi connectivity index (χ3v) is 8.99. The Hall–Kier alpha value is -3.89. The van der Waals surface area contributed by atoms with Crippen LogP contribution in [-0.2, 0) is 4.79 Å². The Balaban J connectivity index is 1.33. The first kappa shape index (κ1) is 26.0. The van der Waals surface area contributed by atoms with Crippen molar-refractivity contribution in [3.63, 3.8) is 0 Å². The Morgan fingerprint density at radius 3 is 2.85 bits per heavy atom. The van der Waals surface area contributed by atoms with Gasteiger partial charge >= 0.3 is 6.01 Å². The molecule has 3 aromatic heterocycles. The molecule has 0 saturated carbocycles. The van der Waals surface area contributed by atoms with Crippen LogP contribution in [0.5, 0.6) is 6.01 Å². The number of amides is 1. The van der Waals surface area contributed by atoms with Crippen molar-refractivity contribution in [1.29, 1.82) is 0 Å². The first-order valence-electron chi connectivity index (χ1n) is 13.8. The molecule has 0 N–H and O–H groups in total. The zero-order valence-corrected chi connectivity index (χ0v) is 23.4. The third-order valence-electron chi connectivity index (χ3n) is 8.68. The first-order valence-corrected chi connectivity index (χ1v) is 14.2. The standard InChI is InChI=1S/C30H29ClFN7O2/c1-3-24(40)38-14-20-10-19(38)15-39(20)29-22-13-34-27(21-12-33-11-17-6-4-8-23(31)25(17)21)26(32)28(22)35-30(36-29)41-16-18-7-5-9-37(18)2/h3-4,6,8,11-13,18-20H,1,5,7,9-10,14-16H2,2H3/t18-,19?,20?/m0/s1.